The fourth-order valence-corrected chi connectivity index (χ4v) is 1.45. The quantitative estimate of drug-likeness (QED) is 0.805. The van der Waals surface area contributed by atoms with Crippen LogP contribution in [0.25, 0.3) is 0 Å². The molecule has 1 heterocycles. The molecule has 1 amide bonds. The summed E-state index contributed by atoms with van der Waals surface area (Å²) < 4.78 is 5.36. The predicted octanol–water partition coefficient (Wildman–Crippen LogP) is 1.19. The second kappa shape index (κ2) is 5.86. The van der Waals surface area contributed by atoms with Gasteiger partial charge >= 0.3 is 6.01 Å². The van der Waals surface area contributed by atoms with Gasteiger partial charge in [0.15, 0.2) is 0 Å². The van der Waals surface area contributed by atoms with Crippen molar-refractivity contribution in [3.05, 3.63) is 5.89 Å². The molecule has 96 valence electrons. The van der Waals surface area contributed by atoms with Crippen LogP contribution in [0, 0.1) is 5.92 Å². The van der Waals surface area contributed by atoms with Crippen molar-refractivity contribution in [2.75, 3.05) is 25.5 Å². The van der Waals surface area contributed by atoms with E-state index in [0.29, 0.717) is 18.5 Å². The number of hydrogen-bond acceptors (Lipinski definition) is 5. The summed E-state index contributed by atoms with van der Waals surface area (Å²) in [4.78, 5) is 13.1. The summed E-state index contributed by atoms with van der Waals surface area (Å²) in [6.45, 7) is 4.08. The molecule has 0 saturated carbocycles. The van der Waals surface area contributed by atoms with Crippen molar-refractivity contribution in [2.45, 2.75) is 19.2 Å². The second-order valence-corrected chi connectivity index (χ2v) is 4.59. The van der Waals surface area contributed by atoms with E-state index in [9.17, 15) is 4.79 Å². The predicted molar refractivity (Wildman–Crippen MR) is 65.1 cm³/mol. The molecule has 0 saturated heterocycles. The number of aromatic nitrogens is 2. The first-order chi connectivity index (χ1) is 7.95. The average Bonchev–Trinajstić information content (AvgIpc) is 2.77. The maximum Gasteiger partial charge on any atom is 0.317 e. The van der Waals surface area contributed by atoms with Crippen molar-refractivity contribution in [3.8, 4) is 0 Å². The highest BCUT2D eigenvalue weighted by Crippen LogP contribution is 2.21. The van der Waals surface area contributed by atoms with Crippen LogP contribution < -0.4 is 10.2 Å². The average molecular weight is 261 g/mol. The van der Waals surface area contributed by atoms with Gasteiger partial charge in [-0.2, -0.15) is 0 Å². The Kier molecular flexibility index (Phi) is 4.74. The Bertz CT molecular complexity index is 380. The number of anilines is 1. The van der Waals surface area contributed by atoms with Crippen LogP contribution in [0.15, 0.2) is 4.42 Å². The number of halogens is 1. The lowest BCUT2D eigenvalue weighted by atomic mass is 10.1. The Labute approximate surface area is 105 Å². The summed E-state index contributed by atoms with van der Waals surface area (Å²) >= 11 is 5.82. The molecule has 2 atom stereocenters. The molecular weight excluding hydrogens is 244 g/mol. The van der Waals surface area contributed by atoms with Crippen molar-refractivity contribution in [3.63, 3.8) is 0 Å². The second-order valence-electron chi connectivity index (χ2n) is 3.93. The van der Waals surface area contributed by atoms with E-state index in [4.69, 9.17) is 16.0 Å². The Balaban J connectivity index is 2.63. The van der Waals surface area contributed by atoms with Crippen molar-refractivity contribution in [2.24, 2.45) is 5.92 Å². The molecule has 0 radical (unpaired) electrons. The van der Waals surface area contributed by atoms with E-state index < -0.39 is 0 Å². The number of alkyl halides is 1. The molecule has 1 N–H and O–H groups in total. The Morgan fingerprint density at radius 3 is 2.65 bits per heavy atom. The number of rotatable bonds is 5. The highest BCUT2D eigenvalue weighted by Gasteiger charge is 2.18. The Morgan fingerprint density at radius 2 is 2.18 bits per heavy atom. The van der Waals surface area contributed by atoms with Crippen LogP contribution in [0.5, 0.6) is 0 Å². The number of hydrogen-bond donors (Lipinski definition) is 1. The zero-order valence-corrected chi connectivity index (χ0v) is 11.2. The molecule has 7 heteroatoms. The van der Waals surface area contributed by atoms with Gasteiger partial charge in [-0.3, -0.25) is 4.79 Å². The van der Waals surface area contributed by atoms with E-state index in [1.54, 1.807) is 25.9 Å². The van der Waals surface area contributed by atoms with Gasteiger partial charge in [0.25, 0.3) is 0 Å². The molecule has 0 aliphatic heterocycles. The van der Waals surface area contributed by atoms with Gasteiger partial charge < -0.3 is 14.6 Å². The first kappa shape index (κ1) is 13.8. The summed E-state index contributed by atoms with van der Waals surface area (Å²) in [7, 11) is 3.40. The maximum absolute atomic E-state index is 11.4. The minimum atomic E-state index is -0.319. The standard InChI is InChI=1S/C10H17ClN4O2/c1-6(8(16)12-3)5-15(4)10-14-13-9(17-10)7(2)11/h6-7H,5H2,1-4H3,(H,12,16). The Hall–Kier alpha value is -1.30. The lowest BCUT2D eigenvalue weighted by molar-refractivity contribution is -0.123. The number of carbonyl (C=O) groups is 1. The molecule has 0 aliphatic carbocycles. The third-order valence-electron chi connectivity index (χ3n) is 2.34. The Morgan fingerprint density at radius 1 is 1.53 bits per heavy atom. The third-order valence-corrected chi connectivity index (χ3v) is 2.53. The number of amides is 1. The van der Waals surface area contributed by atoms with Gasteiger partial charge in [0.1, 0.15) is 5.38 Å². The van der Waals surface area contributed by atoms with E-state index in [0.717, 1.165) is 0 Å². The van der Waals surface area contributed by atoms with Crippen LogP contribution in [-0.4, -0.2) is 36.7 Å². The molecular formula is C10H17ClN4O2. The number of nitrogens with one attached hydrogen (secondary N) is 1. The fraction of sp³-hybridized carbons (Fsp3) is 0.700. The first-order valence-corrected chi connectivity index (χ1v) is 5.79. The summed E-state index contributed by atoms with van der Waals surface area (Å²) in [6.07, 6.45) is 0. The molecule has 17 heavy (non-hydrogen) atoms. The van der Waals surface area contributed by atoms with Gasteiger partial charge in [0.05, 0.1) is 5.92 Å². The molecule has 6 nitrogen and oxygen atoms in total. The summed E-state index contributed by atoms with van der Waals surface area (Å²) in [6, 6.07) is 0.364. The molecule has 0 spiro atoms. The first-order valence-electron chi connectivity index (χ1n) is 5.36. The topological polar surface area (TPSA) is 71.3 Å². The lowest BCUT2D eigenvalue weighted by Gasteiger charge is -2.18. The summed E-state index contributed by atoms with van der Waals surface area (Å²) in [5.74, 6) is 0.192. The zero-order valence-electron chi connectivity index (χ0n) is 10.4. The largest absolute Gasteiger partial charge is 0.406 e. The molecule has 1 rings (SSSR count). The monoisotopic (exact) mass is 260 g/mol. The smallest absolute Gasteiger partial charge is 0.317 e. The van der Waals surface area contributed by atoms with Crippen molar-refractivity contribution in [1.82, 2.24) is 15.5 Å². The van der Waals surface area contributed by atoms with Gasteiger partial charge in [-0.05, 0) is 6.92 Å². The van der Waals surface area contributed by atoms with Crippen LogP contribution in [0.2, 0.25) is 0 Å². The van der Waals surface area contributed by atoms with Crippen LogP contribution in [-0.2, 0) is 4.79 Å². The SMILES string of the molecule is CNC(=O)C(C)CN(C)c1nnc(C(C)Cl)o1. The lowest BCUT2D eigenvalue weighted by Crippen LogP contribution is -2.34. The van der Waals surface area contributed by atoms with E-state index in [1.807, 2.05) is 6.92 Å². The molecule has 0 fully saturated rings. The molecule has 0 aromatic carbocycles. The van der Waals surface area contributed by atoms with Gasteiger partial charge in [-0.15, -0.1) is 16.7 Å². The zero-order chi connectivity index (χ0) is 13.0. The van der Waals surface area contributed by atoms with Gasteiger partial charge in [0, 0.05) is 20.6 Å². The molecule has 0 bridgehead atoms. The van der Waals surface area contributed by atoms with Gasteiger partial charge in [-0.1, -0.05) is 12.0 Å². The minimum Gasteiger partial charge on any atom is -0.406 e. The molecule has 1 aromatic rings. The van der Waals surface area contributed by atoms with E-state index in [2.05, 4.69) is 15.5 Å². The summed E-state index contributed by atoms with van der Waals surface area (Å²) in [5.41, 5.74) is 0. The highest BCUT2D eigenvalue weighted by atomic mass is 35.5. The van der Waals surface area contributed by atoms with Crippen LogP contribution >= 0.6 is 11.6 Å². The third kappa shape index (κ3) is 3.59. The normalized spacial score (nSPS) is 14.2. The van der Waals surface area contributed by atoms with E-state index in [-0.39, 0.29) is 17.2 Å². The van der Waals surface area contributed by atoms with Crippen LogP contribution in [0.1, 0.15) is 25.1 Å². The van der Waals surface area contributed by atoms with Crippen LogP contribution in [0.3, 0.4) is 0 Å². The molecule has 1 aromatic heterocycles. The van der Waals surface area contributed by atoms with Crippen molar-refractivity contribution < 1.29 is 9.21 Å². The fourth-order valence-electron chi connectivity index (χ4n) is 1.36. The summed E-state index contributed by atoms with van der Waals surface area (Å²) in [5, 5.41) is 9.96. The number of carbonyl (C=O) groups excluding carboxylic acids is 1. The molecule has 0 aliphatic rings. The van der Waals surface area contributed by atoms with Gasteiger partial charge in [0.2, 0.25) is 11.8 Å². The van der Waals surface area contributed by atoms with E-state index in [1.165, 1.54) is 0 Å². The van der Waals surface area contributed by atoms with Crippen molar-refractivity contribution >= 4 is 23.5 Å². The highest BCUT2D eigenvalue weighted by molar-refractivity contribution is 6.20. The maximum atomic E-state index is 11.4. The van der Waals surface area contributed by atoms with Crippen molar-refractivity contribution in [1.29, 1.82) is 0 Å². The number of nitrogens with zero attached hydrogens (tertiary/aromatic N) is 3. The minimum absolute atomic E-state index is 0.0256. The van der Waals surface area contributed by atoms with E-state index >= 15 is 0 Å². The molecule has 2 unspecified atom stereocenters. The van der Waals surface area contributed by atoms with Crippen LogP contribution in [0.4, 0.5) is 6.01 Å². The van der Waals surface area contributed by atoms with Gasteiger partial charge in [-0.25, -0.2) is 0 Å².